The molecule has 6 heteroatoms. The van der Waals surface area contributed by atoms with Gasteiger partial charge in [-0.15, -0.1) is 0 Å². The van der Waals surface area contributed by atoms with Gasteiger partial charge in [0.2, 0.25) is 0 Å². The second-order valence-electron chi connectivity index (χ2n) is 0.966. The molecule has 0 aliphatic carbocycles. The van der Waals surface area contributed by atoms with Crippen LogP contribution in [0.15, 0.2) is 0 Å². The zero-order chi connectivity index (χ0) is 4.24. The summed E-state index contributed by atoms with van der Waals surface area (Å²) in [4.78, 5) is 0. The van der Waals surface area contributed by atoms with Crippen LogP contribution in [-0.4, -0.2) is 23.1 Å². The van der Waals surface area contributed by atoms with Crippen LogP contribution >= 0.6 is 0 Å². The molecule has 0 aromatic carbocycles. The lowest BCUT2D eigenvalue weighted by atomic mass is 10.1. The Bertz CT molecular complexity index is 21.5. The molecule has 0 N–H and O–H groups in total. The number of hydrogen-bond acceptors (Lipinski definition) is 3. The Morgan fingerprint density at radius 1 is 0.667 bits per heavy atom. The fourth-order valence-corrected chi connectivity index (χ4v) is 0.279. The lowest BCUT2D eigenvalue weighted by Crippen LogP contribution is -2.23. The maximum atomic E-state index is 4.62. The average molecular weight is 83.5 g/mol. The standard InChI is InChI=1S/B3H3O3/c1-4-2-6-3-5-1/h1-3H. The molecule has 0 unspecified atom stereocenters. The molecule has 0 bridgehead atoms. The Morgan fingerprint density at radius 2 is 1.00 bits per heavy atom. The molecule has 0 aromatic heterocycles. The van der Waals surface area contributed by atoms with Crippen molar-refractivity contribution in [3.05, 3.63) is 0 Å². The van der Waals surface area contributed by atoms with E-state index >= 15 is 0 Å². The van der Waals surface area contributed by atoms with Gasteiger partial charge in [0.25, 0.3) is 0 Å². The van der Waals surface area contributed by atoms with Gasteiger partial charge >= 0.3 is 23.1 Å². The van der Waals surface area contributed by atoms with Gasteiger partial charge in [0.15, 0.2) is 0 Å². The Morgan fingerprint density at radius 3 is 1.17 bits per heavy atom. The summed E-state index contributed by atoms with van der Waals surface area (Å²) in [5, 5.41) is 0. The molecule has 0 atom stereocenters. The molecule has 30 valence electrons. The van der Waals surface area contributed by atoms with E-state index in [1.54, 1.807) is 0 Å². The van der Waals surface area contributed by atoms with E-state index in [4.69, 9.17) is 0 Å². The van der Waals surface area contributed by atoms with Crippen LogP contribution in [0.3, 0.4) is 0 Å². The summed E-state index contributed by atoms with van der Waals surface area (Å²) in [5.74, 6) is 0. The second-order valence-corrected chi connectivity index (χ2v) is 0.966. The Kier molecular flexibility index (Phi) is 1.61. The smallest absolute Gasteiger partial charge is 0.410 e. The van der Waals surface area contributed by atoms with Crippen LogP contribution in [0.4, 0.5) is 0 Å². The Hall–Kier alpha value is 0.0748. The molecule has 1 rings (SSSR count). The number of hydrogen-bond donors (Lipinski definition) is 0. The zero-order valence-corrected chi connectivity index (χ0v) is 3.35. The van der Waals surface area contributed by atoms with Gasteiger partial charge in [0.1, 0.15) is 0 Å². The van der Waals surface area contributed by atoms with Crippen molar-refractivity contribution in [3.63, 3.8) is 0 Å². The Labute approximate surface area is 37.9 Å². The minimum absolute atomic E-state index is 0.375. The third kappa shape index (κ3) is 1.04. The summed E-state index contributed by atoms with van der Waals surface area (Å²) in [6, 6.07) is 0. The van der Waals surface area contributed by atoms with Crippen LogP contribution in [0.1, 0.15) is 0 Å². The van der Waals surface area contributed by atoms with E-state index in [1.807, 2.05) is 0 Å². The summed E-state index contributed by atoms with van der Waals surface area (Å²) < 4.78 is 13.9. The third-order valence-corrected chi connectivity index (χ3v) is 0.500. The van der Waals surface area contributed by atoms with Gasteiger partial charge in [0, 0.05) is 0 Å². The van der Waals surface area contributed by atoms with Crippen LogP contribution in [0.25, 0.3) is 0 Å². The fraction of sp³-hybridized carbons (Fsp3) is 0. The molecule has 0 spiro atoms. The van der Waals surface area contributed by atoms with Crippen molar-refractivity contribution < 1.29 is 13.7 Å². The molecule has 1 fully saturated rings. The summed E-state index contributed by atoms with van der Waals surface area (Å²) >= 11 is 0. The fourth-order valence-electron chi connectivity index (χ4n) is 0.279. The lowest BCUT2D eigenvalue weighted by molar-refractivity contribution is 0.347. The molecule has 1 heterocycles. The normalized spacial score (nSPS) is 20.0. The quantitative estimate of drug-likeness (QED) is 0.313. The largest absolute Gasteiger partial charge is 0.458 e. The highest BCUT2D eigenvalue weighted by Crippen LogP contribution is 1.78. The maximum Gasteiger partial charge on any atom is 0.410 e. The lowest BCUT2D eigenvalue weighted by Gasteiger charge is -2.07. The molecule has 0 radical (unpaired) electrons. The SMILES string of the molecule is B1OBOBO1. The van der Waals surface area contributed by atoms with Crippen molar-refractivity contribution in [3.8, 4) is 0 Å². The van der Waals surface area contributed by atoms with Gasteiger partial charge in [0.05, 0.1) is 0 Å². The molecule has 3 nitrogen and oxygen atoms in total. The first-order chi connectivity index (χ1) is 3.00. The summed E-state index contributed by atoms with van der Waals surface area (Å²) in [7, 11) is 1.12. The highest BCUT2D eigenvalue weighted by Gasteiger charge is 2.03. The minimum atomic E-state index is 0.375. The van der Waals surface area contributed by atoms with E-state index in [9.17, 15) is 0 Å². The maximum absolute atomic E-state index is 4.62. The topological polar surface area (TPSA) is 27.7 Å². The van der Waals surface area contributed by atoms with Crippen LogP contribution in [0, 0.1) is 0 Å². The molecule has 1 aliphatic rings. The van der Waals surface area contributed by atoms with Crippen molar-refractivity contribution in [2.75, 3.05) is 0 Å². The van der Waals surface area contributed by atoms with Gasteiger partial charge in [-0.3, -0.25) is 0 Å². The monoisotopic (exact) mass is 84.0 g/mol. The predicted molar refractivity (Wildman–Crippen MR) is 24.7 cm³/mol. The van der Waals surface area contributed by atoms with E-state index in [1.165, 1.54) is 0 Å². The first kappa shape index (κ1) is 4.24. The van der Waals surface area contributed by atoms with Crippen molar-refractivity contribution >= 4 is 23.1 Å². The van der Waals surface area contributed by atoms with Gasteiger partial charge in [-0.2, -0.15) is 0 Å². The van der Waals surface area contributed by atoms with E-state index in [0.29, 0.717) is 23.1 Å². The summed E-state index contributed by atoms with van der Waals surface area (Å²) in [6.45, 7) is 0. The highest BCUT2D eigenvalue weighted by atomic mass is 16.7. The molecular formula is H3B3O3. The van der Waals surface area contributed by atoms with E-state index < -0.39 is 0 Å². The van der Waals surface area contributed by atoms with E-state index in [-0.39, 0.29) is 0 Å². The zero-order valence-electron chi connectivity index (χ0n) is 3.35. The number of rotatable bonds is 0. The van der Waals surface area contributed by atoms with Crippen LogP contribution in [0.5, 0.6) is 0 Å². The van der Waals surface area contributed by atoms with Gasteiger partial charge in [-0.25, -0.2) is 0 Å². The molecule has 0 saturated carbocycles. The van der Waals surface area contributed by atoms with Gasteiger partial charge in [-0.05, 0) is 0 Å². The molecule has 0 aromatic rings. The van der Waals surface area contributed by atoms with Gasteiger partial charge in [-0.1, -0.05) is 0 Å². The molecule has 0 amide bonds. The molecule has 6 heavy (non-hydrogen) atoms. The predicted octanol–water partition coefficient (Wildman–Crippen LogP) is -2.15. The van der Waals surface area contributed by atoms with Crippen molar-refractivity contribution in [2.45, 2.75) is 0 Å². The molecule has 1 aliphatic heterocycles. The van der Waals surface area contributed by atoms with Gasteiger partial charge < -0.3 is 13.7 Å². The first-order valence-electron chi connectivity index (χ1n) is 1.73. The summed E-state index contributed by atoms with van der Waals surface area (Å²) in [5.41, 5.74) is 0. The van der Waals surface area contributed by atoms with Crippen LogP contribution < -0.4 is 0 Å². The van der Waals surface area contributed by atoms with Crippen molar-refractivity contribution in [2.24, 2.45) is 0 Å². The van der Waals surface area contributed by atoms with Crippen molar-refractivity contribution in [1.82, 2.24) is 0 Å². The highest BCUT2D eigenvalue weighted by molar-refractivity contribution is 6.50. The third-order valence-electron chi connectivity index (χ3n) is 0.500. The van der Waals surface area contributed by atoms with Crippen LogP contribution in [0.2, 0.25) is 0 Å². The summed E-state index contributed by atoms with van der Waals surface area (Å²) in [6.07, 6.45) is 0. The second kappa shape index (κ2) is 2.28. The average Bonchev–Trinajstić information content (AvgIpc) is 1.72. The van der Waals surface area contributed by atoms with Crippen LogP contribution in [-0.2, 0) is 13.7 Å². The first-order valence-corrected chi connectivity index (χ1v) is 1.73. The molecule has 1 saturated heterocycles. The minimum Gasteiger partial charge on any atom is -0.458 e. The van der Waals surface area contributed by atoms with E-state index in [0.717, 1.165) is 0 Å². The Balaban J connectivity index is 2.00. The van der Waals surface area contributed by atoms with E-state index in [2.05, 4.69) is 13.7 Å². The molecular weight excluding hydrogens is 80.4 g/mol. The van der Waals surface area contributed by atoms with Crippen molar-refractivity contribution in [1.29, 1.82) is 0 Å².